The number of unbranched alkanes of at least 4 members (excludes halogenated alkanes) is 12. The summed E-state index contributed by atoms with van der Waals surface area (Å²) in [5.74, 6) is -0.479. The lowest BCUT2D eigenvalue weighted by Crippen LogP contribution is -2.09. The summed E-state index contributed by atoms with van der Waals surface area (Å²) in [4.78, 5) is 25.3. The first-order valence-electron chi connectivity index (χ1n) is 14.2. The lowest BCUT2D eigenvalue weighted by atomic mass is 10.0. The van der Waals surface area contributed by atoms with Crippen LogP contribution in [0.4, 0.5) is 0 Å². The summed E-state index contributed by atoms with van der Waals surface area (Å²) in [6.45, 7) is 2.25. The molecule has 0 aliphatic rings. The summed E-state index contributed by atoms with van der Waals surface area (Å²) in [6.07, 6.45) is 16.3. The zero-order valence-electron chi connectivity index (χ0n) is 22.9. The molecule has 3 aromatic rings. The minimum absolute atomic E-state index is 0.0159. The van der Waals surface area contributed by atoms with Gasteiger partial charge >= 0.3 is 5.97 Å². The monoisotopic (exact) mass is 522 g/mol. The molecule has 0 aliphatic carbocycles. The molecular weight excluding hydrogens is 480 g/mol. The summed E-state index contributed by atoms with van der Waals surface area (Å²) in [6, 6.07) is 12.0. The predicted molar refractivity (Wildman–Crippen MR) is 152 cm³/mol. The van der Waals surface area contributed by atoms with E-state index in [2.05, 4.69) is 6.92 Å². The zero-order valence-corrected chi connectivity index (χ0v) is 22.9. The van der Waals surface area contributed by atoms with E-state index in [1.54, 1.807) is 0 Å². The van der Waals surface area contributed by atoms with Crippen LogP contribution < -0.4 is 14.9 Å². The van der Waals surface area contributed by atoms with Crippen molar-refractivity contribution in [2.24, 2.45) is 0 Å². The highest BCUT2D eigenvalue weighted by molar-refractivity contribution is 5.90. The topological polar surface area (TPSA) is 86.0 Å². The van der Waals surface area contributed by atoms with E-state index < -0.39 is 17.1 Å². The molecule has 0 bridgehead atoms. The molecule has 206 valence electrons. The Morgan fingerprint density at radius 3 is 2.00 bits per heavy atom. The molecule has 38 heavy (non-hydrogen) atoms. The Morgan fingerprint density at radius 1 is 0.842 bits per heavy atom. The van der Waals surface area contributed by atoms with Gasteiger partial charge in [-0.3, -0.25) is 9.59 Å². The highest BCUT2D eigenvalue weighted by atomic mass is 16.6. The van der Waals surface area contributed by atoms with Crippen LogP contribution in [0.2, 0.25) is 0 Å². The van der Waals surface area contributed by atoms with Gasteiger partial charge in [-0.05, 0) is 6.42 Å². The molecule has 0 spiro atoms. The van der Waals surface area contributed by atoms with Crippen LogP contribution in [0.15, 0.2) is 51.7 Å². The fraction of sp³-hybridized carbons (Fsp3) is 0.500. The van der Waals surface area contributed by atoms with Gasteiger partial charge in [-0.25, -0.2) is 0 Å². The highest BCUT2D eigenvalue weighted by Crippen LogP contribution is 2.42. The van der Waals surface area contributed by atoms with Crippen molar-refractivity contribution in [1.82, 2.24) is 0 Å². The van der Waals surface area contributed by atoms with Gasteiger partial charge in [0.1, 0.15) is 16.7 Å². The summed E-state index contributed by atoms with van der Waals surface area (Å²) in [7, 11) is 1.35. The van der Waals surface area contributed by atoms with Gasteiger partial charge in [0.25, 0.3) is 0 Å². The smallest absolute Gasteiger partial charge is 0.311 e. The molecule has 2 aromatic carbocycles. The number of hydrogen-bond donors (Lipinski definition) is 1. The minimum atomic E-state index is -0.411. The van der Waals surface area contributed by atoms with E-state index >= 15 is 0 Å². The van der Waals surface area contributed by atoms with Crippen LogP contribution >= 0.6 is 0 Å². The maximum absolute atomic E-state index is 12.8. The van der Waals surface area contributed by atoms with Crippen molar-refractivity contribution in [2.45, 2.75) is 96.8 Å². The molecule has 0 aliphatic heterocycles. The number of hydrogen-bond acceptors (Lipinski definition) is 6. The van der Waals surface area contributed by atoms with Gasteiger partial charge in [-0.2, -0.15) is 0 Å². The van der Waals surface area contributed by atoms with Crippen molar-refractivity contribution in [3.63, 3.8) is 0 Å². The highest BCUT2D eigenvalue weighted by Gasteiger charge is 2.21. The minimum Gasteiger partial charge on any atom is -0.504 e. The van der Waals surface area contributed by atoms with Gasteiger partial charge in [0.05, 0.1) is 7.11 Å². The Morgan fingerprint density at radius 2 is 1.42 bits per heavy atom. The maximum atomic E-state index is 12.8. The van der Waals surface area contributed by atoms with E-state index in [1.165, 1.54) is 83.5 Å². The molecule has 1 aromatic heterocycles. The van der Waals surface area contributed by atoms with Crippen LogP contribution in [-0.4, -0.2) is 18.2 Å². The number of rotatable bonds is 17. The second-order valence-electron chi connectivity index (χ2n) is 9.94. The standard InChI is InChI=1S/C32H42O6/c1-3-4-5-6-7-8-9-10-11-12-13-14-18-21-29(34)38-28-23-27-30(31(35)32(28)36-2)25(33)22-26(37-27)24-19-16-15-17-20-24/h15-17,19-20,22-23,35H,3-14,18,21H2,1-2H3. The van der Waals surface area contributed by atoms with Gasteiger partial charge in [0.2, 0.25) is 5.75 Å². The van der Waals surface area contributed by atoms with Crippen molar-refractivity contribution < 1.29 is 23.8 Å². The molecule has 0 saturated carbocycles. The lowest BCUT2D eigenvalue weighted by molar-refractivity contribution is -0.134. The quantitative estimate of drug-likeness (QED) is 0.109. The number of carbonyl (C=O) groups is 1. The third-order valence-corrected chi connectivity index (χ3v) is 6.88. The Labute approximate surface area is 226 Å². The molecular formula is C32H42O6. The van der Waals surface area contributed by atoms with E-state index in [0.717, 1.165) is 24.8 Å². The Balaban J connectivity index is 1.48. The van der Waals surface area contributed by atoms with Crippen molar-refractivity contribution in [1.29, 1.82) is 0 Å². The number of carbonyl (C=O) groups excluding carboxylic acids is 1. The van der Waals surface area contributed by atoms with E-state index in [0.29, 0.717) is 5.76 Å². The fourth-order valence-electron chi connectivity index (χ4n) is 4.74. The average molecular weight is 523 g/mol. The number of phenols is 1. The van der Waals surface area contributed by atoms with Gasteiger partial charge < -0.3 is 19.0 Å². The normalized spacial score (nSPS) is 11.1. The molecule has 3 rings (SSSR count). The molecule has 0 amide bonds. The Kier molecular flexibility index (Phi) is 12.2. The van der Waals surface area contributed by atoms with Crippen LogP contribution in [0.1, 0.15) is 96.8 Å². The Hall–Kier alpha value is -3.28. The van der Waals surface area contributed by atoms with E-state index in [1.807, 2.05) is 30.3 Å². The van der Waals surface area contributed by atoms with Gasteiger partial charge in [0.15, 0.2) is 16.9 Å². The molecule has 1 heterocycles. The molecule has 0 fully saturated rings. The maximum Gasteiger partial charge on any atom is 0.311 e. The fourth-order valence-corrected chi connectivity index (χ4v) is 4.74. The lowest BCUT2D eigenvalue weighted by Gasteiger charge is -2.13. The van der Waals surface area contributed by atoms with E-state index in [4.69, 9.17) is 13.9 Å². The number of esters is 1. The third kappa shape index (κ3) is 8.64. The van der Waals surface area contributed by atoms with Crippen LogP contribution in [0, 0.1) is 0 Å². The molecule has 6 nitrogen and oxygen atoms in total. The number of methoxy groups -OCH3 is 1. The predicted octanol–water partition coefficient (Wildman–Crippen LogP) is 8.56. The van der Waals surface area contributed by atoms with E-state index in [-0.39, 0.29) is 28.9 Å². The SMILES string of the molecule is CCCCCCCCCCCCCCCC(=O)Oc1cc2oc(-c3ccccc3)cc(=O)c2c(O)c1OC. The molecule has 0 atom stereocenters. The summed E-state index contributed by atoms with van der Waals surface area (Å²) >= 11 is 0. The van der Waals surface area contributed by atoms with Crippen LogP contribution in [0.3, 0.4) is 0 Å². The molecule has 0 saturated heterocycles. The average Bonchev–Trinajstić information content (AvgIpc) is 2.91. The van der Waals surface area contributed by atoms with E-state index in [9.17, 15) is 14.7 Å². The van der Waals surface area contributed by atoms with Gasteiger partial charge in [-0.1, -0.05) is 114 Å². The molecule has 0 unspecified atom stereocenters. The summed E-state index contributed by atoms with van der Waals surface area (Å²) in [5, 5.41) is 10.7. The van der Waals surface area contributed by atoms with Crippen LogP contribution in [0.25, 0.3) is 22.3 Å². The number of phenolic OH excluding ortho intramolecular Hbond substituents is 1. The van der Waals surface area contributed by atoms with Gasteiger partial charge in [-0.15, -0.1) is 0 Å². The number of aromatic hydroxyl groups is 1. The first-order valence-corrected chi connectivity index (χ1v) is 14.2. The largest absolute Gasteiger partial charge is 0.504 e. The van der Waals surface area contributed by atoms with Gasteiger partial charge in [0, 0.05) is 24.1 Å². The number of benzene rings is 2. The van der Waals surface area contributed by atoms with Crippen LogP contribution in [-0.2, 0) is 4.79 Å². The van der Waals surface area contributed by atoms with Crippen molar-refractivity contribution in [3.05, 3.63) is 52.7 Å². The number of fused-ring (bicyclic) bond motifs is 1. The van der Waals surface area contributed by atoms with Crippen molar-refractivity contribution in [3.8, 4) is 28.6 Å². The third-order valence-electron chi connectivity index (χ3n) is 6.88. The van der Waals surface area contributed by atoms with Crippen LogP contribution in [0.5, 0.6) is 17.2 Å². The molecule has 6 heteroatoms. The second-order valence-corrected chi connectivity index (χ2v) is 9.94. The zero-order chi connectivity index (χ0) is 27.2. The first-order chi connectivity index (χ1) is 18.5. The summed E-state index contributed by atoms with van der Waals surface area (Å²) in [5.41, 5.74) is 0.437. The second kappa shape index (κ2) is 15.9. The molecule has 1 N–H and O–H groups in total. The van der Waals surface area contributed by atoms with Crippen molar-refractivity contribution >= 4 is 16.9 Å². The number of ether oxygens (including phenoxy) is 2. The summed E-state index contributed by atoms with van der Waals surface area (Å²) < 4.78 is 16.7. The van der Waals surface area contributed by atoms with Crippen molar-refractivity contribution in [2.75, 3.05) is 7.11 Å². The molecule has 0 radical (unpaired) electrons. The first kappa shape index (κ1) is 29.3. The Bertz CT molecular complexity index is 1200.